The van der Waals surface area contributed by atoms with Crippen LogP contribution in [0.25, 0.3) is 0 Å². The minimum Gasteiger partial charge on any atom is -0.352 e. The molecule has 2 amide bonds. The first-order valence-electron chi connectivity index (χ1n) is 10.6. The summed E-state index contributed by atoms with van der Waals surface area (Å²) < 4.78 is 26.9. The van der Waals surface area contributed by atoms with Gasteiger partial charge in [-0.1, -0.05) is 47.8 Å². The van der Waals surface area contributed by atoms with Crippen molar-refractivity contribution < 1.29 is 18.0 Å². The van der Waals surface area contributed by atoms with Crippen molar-refractivity contribution in [1.29, 1.82) is 0 Å². The van der Waals surface area contributed by atoms with E-state index in [1.807, 2.05) is 13.8 Å². The lowest BCUT2D eigenvalue weighted by atomic mass is 10.1. The molecule has 0 aliphatic carbocycles. The Hall–Kier alpha value is -1.84. The summed E-state index contributed by atoms with van der Waals surface area (Å²) in [5, 5.41) is 3.99. The molecular weight excluding hydrogens is 521 g/mol. The van der Waals surface area contributed by atoms with Gasteiger partial charge in [0.05, 0.1) is 11.4 Å². The summed E-state index contributed by atoms with van der Waals surface area (Å²) in [5.41, 5.74) is 0.582. The predicted molar refractivity (Wildman–Crippen MR) is 136 cm³/mol. The molecule has 1 atom stereocenters. The maximum atomic E-state index is 13.4. The summed E-state index contributed by atoms with van der Waals surface area (Å²) in [5.74, 6) is -0.879. The lowest BCUT2D eigenvalue weighted by Crippen LogP contribution is -2.52. The number of hydrogen-bond donors (Lipinski definition) is 1. The molecule has 2 aromatic carbocycles. The number of rotatable bonds is 10. The van der Waals surface area contributed by atoms with Crippen LogP contribution in [0.2, 0.25) is 15.1 Å². The second-order valence-corrected chi connectivity index (χ2v) is 11.4. The Bertz CT molecular complexity index is 1120. The van der Waals surface area contributed by atoms with Crippen LogP contribution in [-0.2, 0) is 26.2 Å². The van der Waals surface area contributed by atoms with Crippen LogP contribution in [-0.4, -0.2) is 55.1 Å². The number of carbonyl (C=O) groups is 2. The number of sulfonamides is 1. The Morgan fingerprint density at radius 3 is 2.12 bits per heavy atom. The molecule has 1 unspecified atom stereocenters. The zero-order chi connectivity index (χ0) is 25.6. The Morgan fingerprint density at radius 1 is 1.00 bits per heavy atom. The first kappa shape index (κ1) is 28.4. The number of nitrogens with one attached hydrogen (secondary N) is 1. The molecule has 0 fully saturated rings. The molecule has 0 aliphatic heterocycles. The van der Waals surface area contributed by atoms with E-state index in [0.29, 0.717) is 27.1 Å². The Labute approximate surface area is 216 Å². The largest absolute Gasteiger partial charge is 0.352 e. The SMILES string of the molecule is CCC(C(=O)NC(C)C)N(Cc1ccc(Cl)cc1Cl)C(=O)CN(C)S(=O)(=O)c1ccc(Cl)cc1. The average Bonchev–Trinajstić information content (AvgIpc) is 2.74. The highest BCUT2D eigenvalue weighted by Gasteiger charge is 2.32. The lowest BCUT2D eigenvalue weighted by molar-refractivity contribution is -0.141. The summed E-state index contributed by atoms with van der Waals surface area (Å²) >= 11 is 18.2. The van der Waals surface area contributed by atoms with E-state index in [1.54, 1.807) is 25.1 Å². The summed E-state index contributed by atoms with van der Waals surface area (Å²) in [6, 6.07) is 9.56. The van der Waals surface area contributed by atoms with E-state index in [2.05, 4.69) is 5.32 Å². The molecule has 0 spiro atoms. The Balaban J connectivity index is 2.36. The minimum absolute atomic E-state index is 0.00379. The summed E-state index contributed by atoms with van der Waals surface area (Å²) in [6.45, 7) is 4.95. The molecule has 7 nitrogen and oxygen atoms in total. The van der Waals surface area contributed by atoms with Crippen LogP contribution in [0.1, 0.15) is 32.8 Å². The number of amides is 2. The molecule has 186 valence electrons. The quantitative estimate of drug-likeness (QED) is 0.470. The van der Waals surface area contributed by atoms with Crippen molar-refractivity contribution >= 4 is 56.6 Å². The van der Waals surface area contributed by atoms with Gasteiger partial charge in [0.1, 0.15) is 6.04 Å². The normalized spacial score (nSPS) is 12.6. The minimum atomic E-state index is -3.96. The van der Waals surface area contributed by atoms with E-state index in [-0.39, 0.29) is 23.4 Å². The Kier molecular flexibility index (Phi) is 10.2. The molecule has 34 heavy (non-hydrogen) atoms. The van der Waals surface area contributed by atoms with Crippen LogP contribution >= 0.6 is 34.8 Å². The van der Waals surface area contributed by atoms with Gasteiger partial charge in [-0.25, -0.2) is 8.42 Å². The van der Waals surface area contributed by atoms with Gasteiger partial charge in [0.25, 0.3) is 0 Å². The molecule has 0 radical (unpaired) electrons. The molecule has 0 saturated carbocycles. The molecule has 0 heterocycles. The average molecular weight is 549 g/mol. The molecule has 2 aromatic rings. The van der Waals surface area contributed by atoms with Gasteiger partial charge < -0.3 is 10.2 Å². The van der Waals surface area contributed by atoms with Gasteiger partial charge >= 0.3 is 0 Å². The van der Waals surface area contributed by atoms with Crippen molar-refractivity contribution in [3.05, 3.63) is 63.1 Å². The fourth-order valence-corrected chi connectivity index (χ4v) is 5.00. The van der Waals surface area contributed by atoms with E-state index >= 15 is 0 Å². The molecular formula is C23H28Cl3N3O4S. The third-order valence-corrected chi connectivity index (χ3v) is 7.71. The number of nitrogens with zero attached hydrogens (tertiary/aromatic N) is 2. The molecule has 11 heteroatoms. The topological polar surface area (TPSA) is 86.8 Å². The molecule has 0 saturated heterocycles. The van der Waals surface area contributed by atoms with E-state index in [1.165, 1.54) is 36.2 Å². The fraction of sp³-hybridized carbons (Fsp3) is 0.391. The van der Waals surface area contributed by atoms with Crippen molar-refractivity contribution in [3.63, 3.8) is 0 Å². The third kappa shape index (κ3) is 7.33. The highest BCUT2D eigenvalue weighted by Crippen LogP contribution is 2.24. The summed E-state index contributed by atoms with van der Waals surface area (Å²) in [7, 11) is -2.65. The van der Waals surface area contributed by atoms with Crippen LogP contribution in [0.15, 0.2) is 47.4 Å². The highest BCUT2D eigenvalue weighted by molar-refractivity contribution is 7.89. The van der Waals surface area contributed by atoms with Crippen molar-refractivity contribution in [2.75, 3.05) is 13.6 Å². The van der Waals surface area contributed by atoms with Crippen molar-refractivity contribution in [2.24, 2.45) is 0 Å². The van der Waals surface area contributed by atoms with Gasteiger partial charge in [0, 0.05) is 34.7 Å². The maximum absolute atomic E-state index is 13.4. The van der Waals surface area contributed by atoms with Crippen LogP contribution in [0.4, 0.5) is 0 Å². The van der Waals surface area contributed by atoms with Crippen LogP contribution in [0.5, 0.6) is 0 Å². The van der Waals surface area contributed by atoms with E-state index in [4.69, 9.17) is 34.8 Å². The second-order valence-electron chi connectivity index (χ2n) is 8.06. The first-order valence-corrected chi connectivity index (χ1v) is 13.2. The van der Waals surface area contributed by atoms with Gasteiger partial charge in [-0.2, -0.15) is 4.31 Å². The van der Waals surface area contributed by atoms with Crippen LogP contribution in [0, 0.1) is 0 Å². The molecule has 2 rings (SSSR count). The van der Waals surface area contributed by atoms with Gasteiger partial charge in [0.15, 0.2) is 0 Å². The standard InChI is InChI=1S/C23H28Cl3N3O4S/c1-5-21(23(31)27-15(2)3)29(13-16-6-7-18(25)12-20(16)26)22(30)14-28(4)34(32,33)19-10-8-17(24)9-11-19/h6-12,15,21H,5,13-14H2,1-4H3,(H,27,31). The fourth-order valence-electron chi connectivity index (χ4n) is 3.29. The molecule has 0 aliphatic rings. The second kappa shape index (κ2) is 12.2. The zero-order valence-corrected chi connectivity index (χ0v) is 22.5. The molecule has 0 aromatic heterocycles. The number of halogens is 3. The van der Waals surface area contributed by atoms with Crippen molar-refractivity contribution in [3.8, 4) is 0 Å². The third-order valence-electron chi connectivity index (χ3n) is 5.05. The van der Waals surface area contributed by atoms with E-state index in [9.17, 15) is 18.0 Å². The lowest BCUT2D eigenvalue weighted by Gasteiger charge is -2.32. The van der Waals surface area contributed by atoms with Gasteiger partial charge in [-0.15, -0.1) is 0 Å². The monoisotopic (exact) mass is 547 g/mol. The summed E-state index contributed by atoms with van der Waals surface area (Å²) in [4.78, 5) is 27.7. The number of benzene rings is 2. The predicted octanol–water partition coefficient (Wildman–Crippen LogP) is 4.60. The van der Waals surface area contributed by atoms with E-state index < -0.39 is 28.5 Å². The number of carbonyl (C=O) groups excluding carboxylic acids is 2. The molecule has 1 N–H and O–H groups in total. The zero-order valence-electron chi connectivity index (χ0n) is 19.4. The van der Waals surface area contributed by atoms with Crippen LogP contribution < -0.4 is 5.32 Å². The Morgan fingerprint density at radius 2 is 1.59 bits per heavy atom. The van der Waals surface area contributed by atoms with Crippen LogP contribution in [0.3, 0.4) is 0 Å². The number of likely N-dealkylation sites (N-methyl/N-ethyl adjacent to an activating group) is 1. The van der Waals surface area contributed by atoms with Crippen molar-refractivity contribution in [1.82, 2.24) is 14.5 Å². The number of hydrogen-bond acceptors (Lipinski definition) is 4. The van der Waals surface area contributed by atoms with Gasteiger partial charge in [-0.3, -0.25) is 9.59 Å². The smallest absolute Gasteiger partial charge is 0.243 e. The first-order chi connectivity index (χ1) is 15.9. The molecule has 0 bridgehead atoms. The maximum Gasteiger partial charge on any atom is 0.243 e. The van der Waals surface area contributed by atoms with Crippen molar-refractivity contribution in [2.45, 2.75) is 50.7 Å². The highest BCUT2D eigenvalue weighted by atomic mass is 35.5. The van der Waals surface area contributed by atoms with Gasteiger partial charge in [0.2, 0.25) is 21.8 Å². The summed E-state index contributed by atoms with van der Waals surface area (Å²) in [6.07, 6.45) is 0.323. The van der Waals surface area contributed by atoms with Gasteiger partial charge in [-0.05, 0) is 62.2 Å². The van der Waals surface area contributed by atoms with E-state index in [0.717, 1.165) is 4.31 Å².